The van der Waals surface area contributed by atoms with Crippen molar-refractivity contribution in [1.29, 1.82) is 0 Å². The number of benzene rings is 7. The van der Waals surface area contributed by atoms with Gasteiger partial charge in [0, 0.05) is 0 Å². The van der Waals surface area contributed by atoms with Gasteiger partial charge in [-0.1, -0.05) is 139 Å². The summed E-state index contributed by atoms with van der Waals surface area (Å²) in [6, 6.07) is 47.8. The molecule has 1 heteroatoms. The van der Waals surface area contributed by atoms with E-state index in [1.54, 1.807) is 0 Å². The Bertz CT molecular complexity index is 2130. The fraction of sp³-hybridized carbons (Fsp3) is 0.0732. The molecule has 8 rings (SSSR count). The first-order chi connectivity index (χ1) is 20.8. The van der Waals surface area contributed by atoms with Gasteiger partial charge in [-0.3, -0.25) is 0 Å². The molecule has 0 unspecified atom stereocenters. The van der Waals surface area contributed by atoms with Crippen molar-refractivity contribution in [3.05, 3.63) is 145 Å². The highest BCUT2D eigenvalue weighted by atomic mass is 28.2. The Morgan fingerprint density at radius 3 is 1.81 bits per heavy atom. The topological polar surface area (TPSA) is 0 Å². The molecule has 0 aromatic heterocycles. The van der Waals surface area contributed by atoms with Crippen molar-refractivity contribution < 1.29 is 0 Å². The average molecular weight is 551 g/mol. The predicted molar refractivity (Wildman–Crippen MR) is 184 cm³/mol. The maximum Gasteiger partial charge on any atom is 0.0773 e. The monoisotopic (exact) mass is 550 g/mol. The molecule has 1 aliphatic rings. The highest BCUT2D eigenvalue weighted by molar-refractivity contribution is 6.52. The molecule has 198 valence electrons. The number of fused-ring (bicyclic) bond motifs is 4. The van der Waals surface area contributed by atoms with Crippen LogP contribution >= 0.6 is 0 Å². The van der Waals surface area contributed by atoms with Gasteiger partial charge in [0.15, 0.2) is 0 Å². The van der Waals surface area contributed by atoms with Gasteiger partial charge in [-0.25, -0.2) is 0 Å². The standard InChI is InChI=1S/C41H30Si/c1-42-35-22-21-31-23-30(18-19-32(31)26-35)29-11-8-12-33(25-29)40-36-13-4-6-15-38(36)41(39-16-7-5-14-37(39)40)34-20-17-27-9-2-3-10-28(27)24-34/h2,4-9,11-26H,3,10H2,1H3. The van der Waals surface area contributed by atoms with E-state index in [0.29, 0.717) is 0 Å². The van der Waals surface area contributed by atoms with E-state index in [4.69, 9.17) is 0 Å². The first-order valence-electron chi connectivity index (χ1n) is 14.8. The molecule has 7 aromatic rings. The van der Waals surface area contributed by atoms with Crippen molar-refractivity contribution in [2.45, 2.75) is 19.4 Å². The third-order valence-corrected chi connectivity index (χ3v) is 9.74. The van der Waals surface area contributed by atoms with Crippen molar-refractivity contribution in [1.82, 2.24) is 0 Å². The number of rotatable bonds is 4. The molecule has 0 saturated heterocycles. The second-order valence-corrected chi connectivity index (χ2v) is 12.4. The van der Waals surface area contributed by atoms with E-state index in [1.807, 2.05) is 0 Å². The van der Waals surface area contributed by atoms with Gasteiger partial charge in [0.1, 0.15) is 0 Å². The molecule has 0 bridgehead atoms. The first-order valence-corrected chi connectivity index (χ1v) is 16.3. The lowest BCUT2D eigenvalue weighted by molar-refractivity contribution is 0.986. The van der Waals surface area contributed by atoms with Crippen LogP contribution in [0.25, 0.3) is 71.8 Å². The minimum atomic E-state index is 0.817. The molecular formula is C41H30Si. The normalized spacial score (nSPS) is 12.7. The van der Waals surface area contributed by atoms with E-state index in [2.05, 4.69) is 146 Å². The van der Waals surface area contributed by atoms with Gasteiger partial charge >= 0.3 is 0 Å². The molecule has 0 aliphatic heterocycles. The molecule has 1 aliphatic carbocycles. The van der Waals surface area contributed by atoms with E-state index in [9.17, 15) is 0 Å². The van der Waals surface area contributed by atoms with Gasteiger partial charge in [-0.15, -0.1) is 0 Å². The lowest BCUT2D eigenvalue weighted by atomic mass is 9.84. The number of hydrogen-bond acceptors (Lipinski definition) is 0. The molecular weight excluding hydrogens is 521 g/mol. The Morgan fingerprint density at radius 2 is 1.10 bits per heavy atom. The van der Waals surface area contributed by atoms with Crippen LogP contribution in [0.3, 0.4) is 0 Å². The van der Waals surface area contributed by atoms with Crippen molar-refractivity contribution >= 4 is 53.1 Å². The Labute approximate surface area is 249 Å². The molecule has 0 saturated carbocycles. The molecule has 0 heterocycles. The van der Waals surface area contributed by atoms with Crippen molar-refractivity contribution in [3.8, 4) is 33.4 Å². The zero-order valence-corrected chi connectivity index (χ0v) is 24.7. The SMILES string of the molecule is C[Si]c1ccc2cc(-c3cccc(-c4c5ccccc5c(-c5ccc6c(c5)CCC=C6)c5ccccc45)c3)ccc2c1. The summed E-state index contributed by atoms with van der Waals surface area (Å²) in [6.07, 6.45) is 6.78. The first kappa shape index (κ1) is 25.0. The van der Waals surface area contributed by atoms with E-state index >= 15 is 0 Å². The van der Waals surface area contributed by atoms with Crippen LogP contribution in [0.1, 0.15) is 17.5 Å². The zero-order valence-electron chi connectivity index (χ0n) is 23.7. The summed E-state index contributed by atoms with van der Waals surface area (Å²) in [6.45, 7) is 2.24. The van der Waals surface area contributed by atoms with E-state index < -0.39 is 0 Å². The smallest absolute Gasteiger partial charge is 0.0773 e. The average Bonchev–Trinajstić information content (AvgIpc) is 3.06. The van der Waals surface area contributed by atoms with Gasteiger partial charge in [0.05, 0.1) is 9.52 Å². The van der Waals surface area contributed by atoms with E-state index in [0.717, 1.165) is 22.4 Å². The molecule has 0 amide bonds. The molecule has 42 heavy (non-hydrogen) atoms. The third-order valence-electron chi connectivity index (χ3n) is 8.85. The van der Waals surface area contributed by atoms with Crippen molar-refractivity contribution in [2.24, 2.45) is 0 Å². The highest BCUT2D eigenvalue weighted by Gasteiger charge is 2.18. The Hall–Kier alpha value is -4.72. The van der Waals surface area contributed by atoms with Crippen LogP contribution in [0.4, 0.5) is 0 Å². The van der Waals surface area contributed by atoms with Crippen molar-refractivity contribution in [2.75, 3.05) is 0 Å². The maximum atomic E-state index is 2.43. The second-order valence-electron chi connectivity index (χ2n) is 11.3. The fourth-order valence-electron chi connectivity index (χ4n) is 6.77. The van der Waals surface area contributed by atoms with Gasteiger partial charge in [-0.2, -0.15) is 0 Å². The lowest BCUT2D eigenvalue weighted by Crippen LogP contribution is -2.08. The van der Waals surface area contributed by atoms with Gasteiger partial charge in [-0.05, 0) is 102 Å². The Kier molecular flexibility index (Phi) is 6.12. The lowest BCUT2D eigenvalue weighted by Gasteiger charge is -2.19. The summed E-state index contributed by atoms with van der Waals surface area (Å²) in [4.78, 5) is 0. The van der Waals surface area contributed by atoms with E-state index in [-0.39, 0.29) is 0 Å². The second kappa shape index (κ2) is 10.3. The largest absolute Gasteiger partial charge is 0.0836 e. The minimum Gasteiger partial charge on any atom is -0.0836 e. The molecule has 2 radical (unpaired) electrons. The van der Waals surface area contributed by atoms with Gasteiger partial charge in [0.25, 0.3) is 0 Å². The number of allylic oxidation sites excluding steroid dienone is 1. The Morgan fingerprint density at radius 1 is 0.500 bits per heavy atom. The van der Waals surface area contributed by atoms with Crippen LogP contribution < -0.4 is 5.19 Å². The summed E-state index contributed by atoms with van der Waals surface area (Å²) >= 11 is 0. The van der Waals surface area contributed by atoms with Crippen LogP contribution in [-0.4, -0.2) is 9.52 Å². The molecule has 0 atom stereocenters. The summed E-state index contributed by atoms with van der Waals surface area (Å²) in [7, 11) is 0.817. The summed E-state index contributed by atoms with van der Waals surface area (Å²) < 4.78 is 0. The predicted octanol–water partition coefficient (Wildman–Crippen LogP) is 10.5. The van der Waals surface area contributed by atoms with Gasteiger partial charge < -0.3 is 0 Å². The molecule has 0 N–H and O–H groups in total. The summed E-state index contributed by atoms with van der Waals surface area (Å²) in [5.41, 5.74) is 10.5. The summed E-state index contributed by atoms with van der Waals surface area (Å²) in [5.74, 6) is 0. The highest BCUT2D eigenvalue weighted by Crippen LogP contribution is 2.44. The number of hydrogen-bond donors (Lipinski definition) is 0. The molecule has 7 aromatic carbocycles. The maximum absolute atomic E-state index is 2.43. The Balaban J connectivity index is 1.34. The van der Waals surface area contributed by atoms with Crippen LogP contribution in [0.2, 0.25) is 6.55 Å². The quantitative estimate of drug-likeness (QED) is 0.151. The number of aryl methyl sites for hydroxylation is 1. The molecule has 0 fully saturated rings. The van der Waals surface area contributed by atoms with Gasteiger partial charge in [0.2, 0.25) is 0 Å². The van der Waals surface area contributed by atoms with E-state index in [1.165, 1.54) is 82.0 Å². The van der Waals surface area contributed by atoms with Crippen molar-refractivity contribution in [3.63, 3.8) is 0 Å². The van der Waals surface area contributed by atoms with Crippen LogP contribution in [0.5, 0.6) is 0 Å². The third kappa shape index (κ3) is 4.21. The molecule has 0 spiro atoms. The molecule has 0 nitrogen and oxygen atoms in total. The minimum absolute atomic E-state index is 0.817. The van der Waals surface area contributed by atoms with Crippen LogP contribution in [0.15, 0.2) is 133 Å². The fourth-order valence-corrected chi connectivity index (χ4v) is 7.32. The zero-order chi connectivity index (χ0) is 28.0. The van der Waals surface area contributed by atoms with Crippen LogP contribution in [-0.2, 0) is 6.42 Å². The summed E-state index contributed by atoms with van der Waals surface area (Å²) in [5, 5.41) is 9.22. The van der Waals surface area contributed by atoms with Crippen LogP contribution in [0, 0.1) is 0 Å².